The Bertz CT molecular complexity index is 1460. The number of aromatic nitrogens is 3. The molecule has 0 aromatic carbocycles. The minimum atomic E-state index is -4.26. The third-order valence-electron chi connectivity index (χ3n) is 6.38. The molecule has 3 aromatic rings. The normalized spacial score (nSPS) is 17.0. The van der Waals surface area contributed by atoms with Gasteiger partial charge in [0.1, 0.15) is 11.6 Å². The molecule has 1 unspecified atom stereocenters. The van der Waals surface area contributed by atoms with E-state index in [2.05, 4.69) is 40.4 Å². The van der Waals surface area contributed by atoms with Crippen molar-refractivity contribution in [2.75, 3.05) is 17.2 Å². The van der Waals surface area contributed by atoms with Crippen molar-refractivity contribution < 1.29 is 19.4 Å². The molecule has 3 N–H and O–H groups in total. The lowest BCUT2D eigenvalue weighted by atomic mass is 9.97. The highest BCUT2D eigenvalue weighted by Crippen LogP contribution is 2.39. The summed E-state index contributed by atoms with van der Waals surface area (Å²) >= 11 is 0. The third-order valence-corrected chi connectivity index (χ3v) is 7.61. The lowest BCUT2D eigenvalue weighted by Gasteiger charge is -2.34. The predicted molar refractivity (Wildman–Crippen MR) is 149 cm³/mol. The van der Waals surface area contributed by atoms with E-state index in [9.17, 15) is 13.2 Å². The van der Waals surface area contributed by atoms with Crippen molar-refractivity contribution in [1.29, 1.82) is 0 Å². The van der Waals surface area contributed by atoms with E-state index in [0.29, 0.717) is 35.4 Å². The molecular formula is C27H36N6O4S. The summed E-state index contributed by atoms with van der Waals surface area (Å²) in [6.45, 7) is 12.7. The minimum absolute atomic E-state index is 0. The molecule has 1 amide bonds. The van der Waals surface area contributed by atoms with E-state index in [0.717, 1.165) is 12.0 Å². The number of hydrogen-bond donors (Lipinski definition) is 2. The number of amides is 1. The van der Waals surface area contributed by atoms with Crippen LogP contribution in [-0.4, -0.2) is 47.5 Å². The molecule has 4 heterocycles. The molecule has 204 valence electrons. The standard InChI is InChI=1S/C27H34N6O4S.H2/c1-16(2)37-22-11-10-19(14-29-22)24-18(4)12-20(25(31-24)33-15-17(3)13-27(33,5)6)26(34)32-38(35,36)23-9-7-8-21(28)30-23;/h7-12,14,16-17H,13,15H2,1-6H3,(H2,28,30)(H,32,34);1H. The lowest BCUT2D eigenvalue weighted by molar-refractivity contribution is 0.0981. The summed E-state index contributed by atoms with van der Waals surface area (Å²) in [5, 5.41) is -0.335. The number of nitrogens with zero attached hydrogens (tertiary/aromatic N) is 4. The van der Waals surface area contributed by atoms with Gasteiger partial charge in [-0.2, -0.15) is 8.42 Å². The van der Waals surface area contributed by atoms with Gasteiger partial charge < -0.3 is 15.4 Å². The number of ether oxygens (including phenoxy) is 1. The highest BCUT2D eigenvalue weighted by molar-refractivity contribution is 7.90. The van der Waals surface area contributed by atoms with Crippen molar-refractivity contribution in [1.82, 2.24) is 19.7 Å². The first kappa shape index (κ1) is 27.3. The van der Waals surface area contributed by atoms with Crippen molar-refractivity contribution in [3.05, 3.63) is 53.7 Å². The van der Waals surface area contributed by atoms with Crippen LogP contribution in [0.25, 0.3) is 11.3 Å². The predicted octanol–water partition coefficient (Wildman–Crippen LogP) is 4.21. The Balaban J connectivity index is 0.00000420. The van der Waals surface area contributed by atoms with E-state index < -0.39 is 15.9 Å². The first-order chi connectivity index (χ1) is 17.8. The summed E-state index contributed by atoms with van der Waals surface area (Å²) in [7, 11) is -4.26. The largest absolute Gasteiger partial charge is 0.475 e. The molecule has 38 heavy (non-hydrogen) atoms. The van der Waals surface area contributed by atoms with Crippen LogP contribution in [0.5, 0.6) is 5.88 Å². The van der Waals surface area contributed by atoms with Gasteiger partial charge in [-0.1, -0.05) is 13.0 Å². The molecule has 10 nitrogen and oxygen atoms in total. The molecule has 1 saturated heterocycles. The van der Waals surface area contributed by atoms with Crippen molar-refractivity contribution in [3.8, 4) is 17.1 Å². The monoisotopic (exact) mass is 540 g/mol. The Morgan fingerprint density at radius 3 is 2.55 bits per heavy atom. The average molecular weight is 541 g/mol. The smallest absolute Gasteiger partial charge is 0.281 e. The summed E-state index contributed by atoms with van der Waals surface area (Å²) in [6.07, 6.45) is 2.58. The number of sulfonamides is 1. The average Bonchev–Trinajstić information content (AvgIpc) is 3.10. The lowest BCUT2D eigenvalue weighted by Crippen LogP contribution is -2.41. The second-order valence-corrected chi connectivity index (χ2v) is 12.3. The third kappa shape index (κ3) is 5.72. The van der Waals surface area contributed by atoms with Gasteiger partial charge in [-0.05, 0) is 76.8 Å². The molecule has 4 rings (SSSR count). The van der Waals surface area contributed by atoms with Gasteiger partial charge in [0.05, 0.1) is 17.4 Å². The fourth-order valence-electron chi connectivity index (χ4n) is 4.87. The highest BCUT2D eigenvalue weighted by atomic mass is 32.2. The fraction of sp³-hybridized carbons (Fsp3) is 0.407. The van der Waals surface area contributed by atoms with Crippen LogP contribution in [0.3, 0.4) is 0 Å². The van der Waals surface area contributed by atoms with E-state index >= 15 is 0 Å². The molecule has 1 atom stereocenters. The van der Waals surface area contributed by atoms with Gasteiger partial charge in [0, 0.05) is 31.3 Å². The van der Waals surface area contributed by atoms with Crippen LogP contribution in [0.15, 0.2) is 47.6 Å². The summed E-state index contributed by atoms with van der Waals surface area (Å²) in [5.41, 5.74) is 7.62. The van der Waals surface area contributed by atoms with Crippen LogP contribution in [0.2, 0.25) is 0 Å². The second-order valence-electron chi connectivity index (χ2n) is 10.6. The Morgan fingerprint density at radius 2 is 1.97 bits per heavy atom. The number of carbonyl (C=O) groups excluding carboxylic acids is 1. The molecule has 1 aliphatic heterocycles. The number of nitrogens with one attached hydrogen (secondary N) is 1. The van der Waals surface area contributed by atoms with Gasteiger partial charge in [-0.3, -0.25) is 4.79 Å². The van der Waals surface area contributed by atoms with Gasteiger partial charge in [-0.15, -0.1) is 0 Å². The SMILES string of the molecule is Cc1cc(C(=O)NS(=O)(=O)c2cccc(N)n2)c(N2CC(C)CC2(C)C)nc1-c1ccc(OC(C)C)nc1.[HH]. The topological polar surface area (TPSA) is 140 Å². The number of anilines is 2. The van der Waals surface area contributed by atoms with Crippen LogP contribution >= 0.6 is 0 Å². The number of pyridine rings is 3. The number of aryl methyl sites for hydroxylation is 1. The van der Waals surface area contributed by atoms with Crippen molar-refractivity contribution >= 4 is 27.6 Å². The zero-order valence-corrected chi connectivity index (χ0v) is 23.3. The number of carbonyl (C=O) groups is 1. The number of nitrogen functional groups attached to an aromatic ring is 1. The minimum Gasteiger partial charge on any atom is -0.475 e. The molecule has 1 fully saturated rings. The quantitative estimate of drug-likeness (QED) is 0.451. The van der Waals surface area contributed by atoms with Crippen LogP contribution < -0.4 is 20.1 Å². The summed E-state index contributed by atoms with van der Waals surface area (Å²) in [5.74, 6) is 0.527. The summed E-state index contributed by atoms with van der Waals surface area (Å²) < 4.78 is 33.7. The van der Waals surface area contributed by atoms with Crippen LogP contribution in [0.4, 0.5) is 11.6 Å². The van der Waals surface area contributed by atoms with E-state index in [1.807, 2.05) is 26.8 Å². The van der Waals surface area contributed by atoms with Crippen LogP contribution in [0, 0.1) is 12.8 Å². The Morgan fingerprint density at radius 1 is 1.24 bits per heavy atom. The van der Waals surface area contributed by atoms with Crippen molar-refractivity contribution in [2.45, 2.75) is 64.6 Å². The van der Waals surface area contributed by atoms with E-state index in [1.165, 1.54) is 18.2 Å². The Labute approximate surface area is 225 Å². The molecule has 1 aliphatic rings. The fourth-order valence-corrected chi connectivity index (χ4v) is 5.81. The second kappa shape index (κ2) is 10.2. The van der Waals surface area contributed by atoms with Crippen molar-refractivity contribution in [3.63, 3.8) is 0 Å². The highest BCUT2D eigenvalue weighted by Gasteiger charge is 2.39. The molecule has 3 aromatic heterocycles. The van der Waals surface area contributed by atoms with Gasteiger partial charge in [0.25, 0.3) is 15.9 Å². The Hall–Kier alpha value is -3.73. The van der Waals surface area contributed by atoms with E-state index in [-0.39, 0.29) is 29.5 Å². The first-order valence-electron chi connectivity index (χ1n) is 12.5. The van der Waals surface area contributed by atoms with Crippen LogP contribution in [-0.2, 0) is 10.0 Å². The zero-order chi connectivity index (χ0) is 27.8. The molecule has 0 bridgehead atoms. The molecule has 0 spiro atoms. The van der Waals surface area contributed by atoms with Gasteiger partial charge in [0.15, 0.2) is 5.03 Å². The van der Waals surface area contributed by atoms with Crippen molar-refractivity contribution in [2.24, 2.45) is 5.92 Å². The number of rotatable bonds is 7. The molecular weight excluding hydrogens is 504 g/mol. The van der Waals surface area contributed by atoms with Gasteiger partial charge in [0.2, 0.25) is 5.88 Å². The summed E-state index contributed by atoms with van der Waals surface area (Å²) in [4.78, 5) is 28.8. The van der Waals surface area contributed by atoms with E-state index in [4.69, 9.17) is 15.5 Å². The Kier molecular flexibility index (Phi) is 7.33. The maximum Gasteiger partial charge on any atom is 0.281 e. The van der Waals surface area contributed by atoms with Gasteiger partial charge >= 0.3 is 0 Å². The van der Waals surface area contributed by atoms with Gasteiger partial charge in [-0.25, -0.2) is 19.7 Å². The van der Waals surface area contributed by atoms with E-state index in [1.54, 1.807) is 18.3 Å². The molecule has 0 saturated carbocycles. The molecule has 0 radical (unpaired) electrons. The first-order valence-corrected chi connectivity index (χ1v) is 14.0. The maximum absolute atomic E-state index is 13.5. The molecule has 11 heteroatoms. The van der Waals surface area contributed by atoms with Crippen LogP contribution in [0.1, 0.15) is 58.4 Å². The summed E-state index contributed by atoms with van der Waals surface area (Å²) in [6, 6.07) is 9.54. The number of nitrogens with two attached hydrogens (primary N) is 1. The number of hydrogen-bond acceptors (Lipinski definition) is 9. The molecule has 0 aliphatic carbocycles. The maximum atomic E-state index is 13.5. The zero-order valence-electron chi connectivity index (χ0n) is 22.5.